The molecule has 1 amide bonds. The van der Waals surface area contributed by atoms with Crippen LogP contribution in [0, 0.1) is 0 Å². The molecule has 0 bridgehead atoms. The summed E-state index contributed by atoms with van der Waals surface area (Å²) in [6.45, 7) is 3.63. The maximum absolute atomic E-state index is 11.1. The predicted octanol–water partition coefficient (Wildman–Crippen LogP) is 3.82. The number of fused-ring (bicyclic) bond motifs is 1. The predicted molar refractivity (Wildman–Crippen MR) is 99.9 cm³/mol. The smallest absolute Gasteiger partial charge is 0.219 e. The highest BCUT2D eigenvalue weighted by molar-refractivity contribution is 7.10. The second-order valence-electron chi connectivity index (χ2n) is 5.94. The van der Waals surface area contributed by atoms with Gasteiger partial charge in [0.15, 0.2) is 0 Å². The highest BCUT2D eigenvalue weighted by Gasteiger charge is 2.13. The lowest BCUT2D eigenvalue weighted by molar-refractivity contribution is -0.118. The van der Waals surface area contributed by atoms with Gasteiger partial charge in [-0.25, -0.2) is 0 Å². The van der Waals surface area contributed by atoms with Gasteiger partial charge in [0.1, 0.15) is 0 Å². The van der Waals surface area contributed by atoms with E-state index in [-0.39, 0.29) is 5.91 Å². The van der Waals surface area contributed by atoms with Crippen LogP contribution in [0.2, 0.25) is 0 Å². The molecule has 0 fully saturated rings. The lowest BCUT2D eigenvalue weighted by atomic mass is 10.1. The molecule has 2 aromatic heterocycles. The summed E-state index contributed by atoms with van der Waals surface area (Å²) in [6.07, 6.45) is 3.56. The molecule has 0 saturated carbocycles. The van der Waals surface area contributed by atoms with Crippen LogP contribution in [0.1, 0.15) is 36.2 Å². The summed E-state index contributed by atoms with van der Waals surface area (Å²) in [6, 6.07) is 13.0. The van der Waals surface area contributed by atoms with Crippen LogP contribution < -0.4 is 11.1 Å². The number of hydrogen-bond acceptors (Lipinski definition) is 3. The summed E-state index contributed by atoms with van der Waals surface area (Å²) >= 11 is 1.79. The van der Waals surface area contributed by atoms with Gasteiger partial charge in [0.2, 0.25) is 5.91 Å². The van der Waals surface area contributed by atoms with Gasteiger partial charge < -0.3 is 15.6 Å². The Hall–Kier alpha value is -2.11. The van der Waals surface area contributed by atoms with Gasteiger partial charge in [0, 0.05) is 47.5 Å². The minimum atomic E-state index is -0.267. The van der Waals surface area contributed by atoms with Crippen LogP contribution in [-0.2, 0) is 17.9 Å². The van der Waals surface area contributed by atoms with Crippen molar-refractivity contribution in [2.24, 2.45) is 5.73 Å². The fourth-order valence-corrected chi connectivity index (χ4v) is 3.93. The molecular weight excluding hydrogens is 318 g/mol. The number of nitrogens with zero attached hydrogens (tertiary/aromatic N) is 1. The maximum Gasteiger partial charge on any atom is 0.219 e. The number of amides is 1. The number of para-hydroxylation sites is 1. The van der Waals surface area contributed by atoms with Crippen molar-refractivity contribution < 1.29 is 4.79 Å². The lowest BCUT2D eigenvalue weighted by Crippen LogP contribution is -2.19. The molecule has 3 N–H and O–H groups in total. The van der Waals surface area contributed by atoms with Gasteiger partial charge in [-0.1, -0.05) is 31.2 Å². The van der Waals surface area contributed by atoms with E-state index in [1.807, 2.05) is 6.07 Å². The third kappa shape index (κ3) is 3.68. The van der Waals surface area contributed by atoms with E-state index in [2.05, 4.69) is 58.7 Å². The third-order valence-corrected chi connectivity index (χ3v) is 5.29. The first-order valence-corrected chi connectivity index (χ1v) is 9.19. The zero-order valence-electron chi connectivity index (χ0n) is 13.9. The van der Waals surface area contributed by atoms with E-state index < -0.39 is 0 Å². The van der Waals surface area contributed by atoms with E-state index in [0.717, 1.165) is 18.5 Å². The fraction of sp³-hybridized carbons (Fsp3) is 0.316. The number of benzene rings is 1. The van der Waals surface area contributed by atoms with E-state index in [9.17, 15) is 4.79 Å². The Morgan fingerprint density at radius 2 is 2.12 bits per heavy atom. The van der Waals surface area contributed by atoms with Crippen LogP contribution in [-0.4, -0.2) is 10.5 Å². The topological polar surface area (TPSA) is 60.1 Å². The molecule has 3 aromatic rings. The lowest BCUT2D eigenvalue weighted by Gasteiger charge is -2.15. The zero-order valence-corrected chi connectivity index (χ0v) is 14.7. The molecule has 1 unspecified atom stereocenters. The standard InChI is InChI=1S/C19H23N3OS/c1-2-16(18-8-5-11-24-18)21-12-14-13-22(10-9-19(20)23)17-7-4-3-6-15(14)17/h3-8,11,13,16,21H,2,9-10,12H2,1H3,(H2,20,23). The minimum Gasteiger partial charge on any atom is -0.370 e. The number of aromatic nitrogens is 1. The van der Waals surface area contributed by atoms with Gasteiger partial charge in [-0.05, 0) is 29.5 Å². The monoisotopic (exact) mass is 341 g/mol. The molecule has 5 heteroatoms. The molecule has 1 aromatic carbocycles. The molecule has 3 rings (SSSR count). The Morgan fingerprint density at radius 1 is 1.29 bits per heavy atom. The largest absolute Gasteiger partial charge is 0.370 e. The number of aryl methyl sites for hydroxylation is 1. The number of carbonyl (C=O) groups excluding carboxylic acids is 1. The van der Waals surface area contributed by atoms with E-state index in [0.29, 0.717) is 19.0 Å². The van der Waals surface area contributed by atoms with Gasteiger partial charge in [0.05, 0.1) is 0 Å². The molecule has 2 heterocycles. The zero-order chi connectivity index (χ0) is 16.9. The SMILES string of the molecule is CCC(NCc1cn(CCC(N)=O)c2ccccc12)c1cccs1. The van der Waals surface area contributed by atoms with E-state index in [1.54, 1.807) is 11.3 Å². The van der Waals surface area contributed by atoms with E-state index in [1.165, 1.54) is 15.8 Å². The molecule has 1 atom stereocenters. The fourth-order valence-electron chi connectivity index (χ4n) is 3.05. The van der Waals surface area contributed by atoms with Gasteiger partial charge in [-0.3, -0.25) is 4.79 Å². The van der Waals surface area contributed by atoms with Crippen molar-refractivity contribution in [2.45, 2.75) is 38.9 Å². The summed E-state index contributed by atoms with van der Waals surface area (Å²) in [4.78, 5) is 12.5. The third-order valence-electron chi connectivity index (χ3n) is 4.30. The Kier molecular flexibility index (Phi) is 5.33. The molecule has 0 radical (unpaired) electrons. The number of nitrogens with two attached hydrogens (primary N) is 1. The normalized spacial score (nSPS) is 12.5. The van der Waals surface area contributed by atoms with E-state index >= 15 is 0 Å². The van der Waals surface area contributed by atoms with Crippen LogP contribution in [0.4, 0.5) is 0 Å². The van der Waals surface area contributed by atoms with Crippen molar-refractivity contribution in [2.75, 3.05) is 0 Å². The summed E-state index contributed by atoms with van der Waals surface area (Å²) in [5, 5.41) is 7.02. The average molecular weight is 341 g/mol. The van der Waals surface area contributed by atoms with Gasteiger partial charge in [0.25, 0.3) is 0 Å². The summed E-state index contributed by atoms with van der Waals surface area (Å²) in [7, 11) is 0. The van der Waals surface area contributed by atoms with Gasteiger partial charge in [-0.15, -0.1) is 11.3 Å². The number of primary amides is 1. The molecule has 0 aliphatic carbocycles. The Bertz CT molecular complexity index is 807. The first kappa shape index (κ1) is 16.7. The van der Waals surface area contributed by atoms with Crippen LogP contribution in [0.5, 0.6) is 0 Å². The number of thiophene rings is 1. The first-order valence-electron chi connectivity index (χ1n) is 8.31. The highest BCUT2D eigenvalue weighted by atomic mass is 32.1. The molecule has 24 heavy (non-hydrogen) atoms. The van der Waals surface area contributed by atoms with Crippen molar-refractivity contribution in [3.8, 4) is 0 Å². The Morgan fingerprint density at radius 3 is 2.83 bits per heavy atom. The van der Waals surface area contributed by atoms with Crippen molar-refractivity contribution in [3.05, 3.63) is 58.4 Å². The van der Waals surface area contributed by atoms with Gasteiger partial charge >= 0.3 is 0 Å². The van der Waals surface area contributed by atoms with Crippen molar-refractivity contribution in [3.63, 3.8) is 0 Å². The van der Waals surface area contributed by atoms with E-state index in [4.69, 9.17) is 5.73 Å². The summed E-state index contributed by atoms with van der Waals surface area (Å²) in [5.41, 5.74) is 7.71. The summed E-state index contributed by atoms with van der Waals surface area (Å²) in [5.74, 6) is -0.267. The molecule has 0 saturated heterocycles. The van der Waals surface area contributed by atoms with Crippen LogP contribution in [0.3, 0.4) is 0 Å². The molecule has 0 spiro atoms. The number of hydrogen-bond donors (Lipinski definition) is 2. The second-order valence-corrected chi connectivity index (χ2v) is 6.92. The Labute approximate surface area is 146 Å². The van der Waals surface area contributed by atoms with Crippen LogP contribution >= 0.6 is 11.3 Å². The molecular formula is C19H23N3OS. The molecule has 4 nitrogen and oxygen atoms in total. The number of nitrogens with one attached hydrogen (secondary N) is 1. The van der Waals surface area contributed by atoms with Crippen molar-refractivity contribution >= 4 is 28.1 Å². The van der Waals surface area contributed by atoms with Crippen LogP contribution in [0.25, 0.3) is 10.9 Å². The number of rotatable bonds is 8. The summed E-state index contributed by atoms with van der Waals surface area (Å²) < 4.78 is 2.13. The first-order chi connectivity index (χ1) is 11.7. The van der Waals surface area contributed by atoms with Crippen molar-refractivity contribution in [1.82, 2.24) is 9.88 Å². The highest BCUT2D eigenvalue weighted by Crippen LogP contribution is 2.25. The molecule has 0 aliphatic rings. The van der Waals surface area contributed by atoms with Crippen LogP contribution in [0.15, 0.2) is 48.0 Å². The minimum absolute atomic E-state index is 0.267. The molecule has 0 aliphatic heterocycles. The average Bonchev–Trinajstić information content (AvgIpc) is 3.22. The number of carbonyl (C=O) groups is 1. The quantitative estimate of drug-likeness (QED) is 0.654. The van der Waals surface area contributed by atoms with Crippen molar-refractivity contribution in [1.29, 1.82) is 0 Å². The second kappa shape index (κ2) is 7.64. The maximum atomic E-state index is 11.1. The van der Waals surface area contributed by atoms with Gasteiger partial charge in [-0.2, -0.15) is 0 Å². The molecule has 126 valence electrons. The Balaban J connectivity index is 1.80.